The van der Waals surface area contributed by atoms with Gasteiger partial charge in [0, 0.05) is 18.0 Å². The van der Waals surface area contributed by atoms with Crippen molar-refractivity contribution in [3.05, 3.63) is 65.2 Å². The highest BCUT2D eigenvalue weighted by atomic mass is 32.2. The van der Waals surface area contributed by atoms with Crippen LogP contribution < -0.4 is 5.32 Å². The lowest BCUT2D eigenvalue weighted by Gasteiger charge is -2.08. The molecule has 0 saturated carbocycles. The molecular weight excluding hydrogens is 238 g/mol. The van der Waals surface area contributed by atoms with E-state index >= 15 is 0 Å². The largest absolute Gasteiger partial charge is 0.309 e. The Morgan fingerprint density at radius 3 is 2.33 bits per heavy atom. The van der Waals surface area contributed by atoms with E-state index in [1.165, 1.54) is 21.6 Å². The lowest BCUT2D eigenvalue weighted by Crippen LogP contribution is -2.13. The van der Waals surface area contributed by atoms with E-state index in [-0.39, 0.29) is 0 Å². The lowest BCUT2D eigenvalue weighted by molar-refractivity contribution is 0.690. The molecule has 0 aromatic heterocycles. The maximum Gasteiger partial charge on any atom is 0.0211 e. The quantitative estimate of drug-likeness (QED) is 0.812. The van der Waals surface area contributed by atoms with Gasteiger partial charge in [-0.15, -0.1) is 11.8 Å². The lowest BCUT2D eigenvalue weighted by atomic mass is 10.1. The summed E-state index contributed by atoms with van der Waals surface area (Å²) in [7, 11) is 0. The molecule has 0 aliphatic rings. The van der Waals surface area contributed by atoms with Crippen LogP contribution in [0.4, 0.5) is 0 Å². The second-order valence-corrected chi connectivity index (χ2v) is 5.26. The molecule has 18 heavy (non-hydrogen) atoms. The standard InChI is InChI=1S/C16H19NS/c1-13-5-3-4-6-15(13)12-17-11-14-7-9-16(18-2)10-8-14/h3-10,17H,11-12H2,1-2H3. The van der Waals surface area contributed by atoms with Gasteiger partial charge in [0.2, 0.25) is 0 Å². The molecule has 0 spiro atoms. The zero-order valence-corrected chi connectivity index (χ0v) is 11.8. The highest BCUT2D eigenvalue weighted by Gasteiger charge is 1.97. The van der Waals surface area contributed by atoms with Gasteiger partial charge < -0.3 is 5.32 Å². The SMILES string of the molecule is CSc1ccc(CNCc2ccccc2C)cc1. The molecule has 0 amide bonds. The summed E-state index contributed by atoms with van der Waals surface area (Å²) in [6, 6.07) is 17.2. The van der Waals surface area contributed by atoms with Crippen LogP contribution in [0.1, 0.15) is 16.7 Å². The minimum absolute atomic E-state index is 0.920. The van der Waals surface area contributed by atoms with Crippen molar-refractivity contribution in [2.45, 2.75) is 24.9 Å². The zero-order chi connectivity index (χ0) is 12.8. The van der Waals surface area contributed by atoms with Crippen LogP contribution in [0.2, 0.25) is 0 Å². The Bertz CT molecular complexity index is 491. The molecule has 0 radical (unpaired) electrons. The fourth-order valence-corrected chi connectivity index (χ4v) is 2.30. The topological polar surface area (TPSA) is 12.0 Å². The first-order valence-corrected chi connectivity index (χ1v) is 7.40. The Hall–Kier alpha value is -1.25. The van der Waals surface area contributed by atoms with E-state index in [0.717, 1.165) is 13.1 Å². The van der Waals surface area contributed by atoms with Crippen molar-refractivity contribution in [3.63, 3.8) is 0 Å². The van der Waals surface area contributed by atoms with Gasteiger partial charge in [0.05, 0.1) is 0 Å². The summed E-state index contributed by atoms with van der Waals surface area (Å²) in [5.74, 6) is 0. The maximum absolute atomic E-state index is 3.49. The van der Waals surface area contributed by atoms with Crippen molar-refractivity contribution < 1.29 is 0 Å². The second kappa shape index (κ2) is 6.62. The third-order valence-electron chi connectivity index (χ3n) is 3.06. The Morgan fingerprint density at radius 1 is 0.944 bits per heavy atom. The Morgan fingerprint density at radius 2 is 1.67 bits per heavy atom. The molecule has 0 aliphatic heterocycles. The van der Waals surface area contributed by atoms with Gasteiger partial charge in [0.25, 0.3) is 0 Å². The number of hydrogen-bond donors (Lipinski definition) is 1. The van der Waals surface area contributed by atoms with Crippen molar-refractivity contribution in [1.82, 2.24) is 5.32 Å². The van der Waals surface area contributed by atoms with E-state index < -0.39 is 0 Å². The molecule has 2 aromatic carbocycles. The predicted octanol–water partition coefficient (Wildman–Crippen LogP) is 4.01. The van der Waals surface area contributed by atoms with Crippen molar-refractivity contribution >= 4 is 11.8 Å². The summed E-state index contributed by atoms with van der Waals surface area (Å²) in [5.41, 5.74) is 4.06. The average molecular weight is 257 g/mol. The van der Waals surface area contributed by atoms with E-state index in [9.17, 15) is 0 Å². The number of benzene rings is 2. The van der Waals surface area contributed by atoms with Crippen molar-refractivity contribution in [2.24, 2.45) is 0 Å². The summed E-state index contributed by atoms with van der Waals surface area (Å²) in [5, 5.41) is 3.49. The molecule has 0 unspecified atom stereocenters. The Kier molecular flexibility index (Phi) is 4.85. The maximum atomic E-state index is 3.49. The molecule has 94 valence electrons. The van der Waals surface area contributed by atoms with E-state index in [2.05, 4.69) is 67.0 Å². The first-order chi connectivity index (χ1) is 8.79. The van der Waals surface area contributed by atoms with Crippen LogP contribution in [-0.2, 0) is 13.1 Å². The summed E-state index contributed by atoms with van der Waals surface area (Å²) in [6.07, 6.45) is 2.10. The monoisotopic (exact) mass is 257 g/mol. The van der Waals surface area contributed by atoms with Crippen LogP contribution in [0.25, 0.3) is 0 Å². The normalized spacial score (nSPS) is 10.6. The number of thioether (sulfide) groups is 1. The van der Waals surface area contributed by atoms with Gasteiger partial charge >= 0.3 is 0 Å². The minimum Gasteiger partial charge on any atom is -0.309 e. The van der Waals surface area contributed by atoms with Crippen molar-refractivity contribution in [2.75, 3.05) is 6.26 Å². The van der Waals surface area contributed by atoms with Gasteiger partial charge in [-0.1, -0.05) is 36.4 Å². The van der Waals surface area contributed by atoms with Crippen molar-refractivity contribution in [3.8, 4) is 0 Å². The van der Waals surface area contributed by atoms with Gasteiger partial charge in [0.15, 0.2) is 0 Å². The van der Waals surface area contributed by atoms with Crippen LogP contribution in [0.5, 0.6) is 0 Å². The van der Waals surface area contributed by atoms with Gasteiger partial charge in [-0.2, -0.15) is 0 Å². The number of aryl methyl sites for hydroxylation is 1. The van der Waals surface area contributed by atoms with Crippen LogP contribution in [-0.4, -0.2) is 6.26 Å². The minimum atomic E-state index is 0.920. The van der Waals surface area contributed by atoms with Gasteiger partial charge in [-0.3, -0.25) is 0 Å². The number of hydrogen-bond acceptors (Lipinski definition) is 2. The van der Waals surface area contributed by atoms with Crippen LogP contribution in [0.15, 0.2) is 53.4 Å². The molecular formula is C16H19NS. The van der Waals surface area contributed by atoms with E-state index in [4.69, 9.17) is 0 Å². The first kappa shape index (κ1) is 13.2. The number of rotatable bonds is 5. The fraction of sp³-hybridized carbons (Fsp3) is 0.250. The van der Waals surface area contributed by atoms with Gasteiger partial charge in [-0.05, 0) is 42.0 Å². The molecule has 0 fully saturated rings. The predicted molar refractivity (Wildman–Crippen MR) is 79.9 cm³/mol. The second-order valence-electron chi connectivity index (χ2n) is 4.38. The average Bonchev–Trinajstić information content (AvgIpc) is 2.42. The molecule has 2 rings (SSSR count). The van der Waals surface area contributed by atoms with E-state index in [1.807, 2.05) is 0 Å². The van der Waals surface area contributed by atoms with Crippen LogP contribution in [0, 0.1) is 6.92 Å². The van der Waals surface area contributed by atoms with Gasteiger partial charge in [-0.25, -0.2) is 0 Å². The molecule has 2 aromatic rings. The molecule has 0 saturated heterocycles. The highest BCUT2D eigenvalue weighted by Crippen LogP contribution is 2.14. The molecule has 1 nitrogen and oxygen atoms in total. The summed E-state index contributed by atoms with van der Waals surface area (Å²) >= 11 is 1.78. The third kappa shape index (κ3) is 3.62. The highest BCUT2D eigenvalue weighted by molar-refractivity contribution is 7.98. The Labute approximate surface area is 114 Å². The summed E-state index contributed by atoms with van der Waals surface area (Å²) < 4.78 is 0. The fourth-order valence-electron chi connectivity index (χ4n) is 1.89. The zero-order valence-electron chi connectivity index (χ0n) is 10.9. The molecule has 0 heterocycles. The third-order valence-corrected chi connectivity index (χ3v) is 3.81. The smallest absolute Gasteiger partial charge is 0.0211 e. The summed E-state index contributed by atoms with van der Waals surface area (Å²) in [6.45, 7) is 4.00. The molecule has 0 bridgehead atoms. The molecule has 0 atom stereocenters. The van der Waals surface area contributed by atoms with E-state index in [0.29, 0.717) is 0 Å². The summed E-state index contributed by atoms with van der Waals surface area (Å²) in [4.78, 5) is 1.32. The van der Waals surface area contributed by atoms with E-state index in [1.54, 1.807) is 11.8 Å². The molecule has 1 N–H and O–H groups in total. The number of nitrogens with one attached hydrogen (secondary N) is 1. The van der Waals surface area contributed by atoms with Crippen LogP contribution in [0.3, 0.4) is 0 Å². The van der Waals surface area contributed by atoms with Crippen molar-refractivity contribution in [1.29, 1.82) is 0 Å². The molecule has 0 aliphatic carbocycles. The van der Waals surface area contributed by atoms with Gasteiger partial charge in [0.1, 0.15) is 0 Å². The Balaban J connectivity index is 1.86. The molecule has 2 heteroatoms. The first-order valence-electron chi connectivity index (χ1n) is 6.18. The van der Waals surface area contributed by atoms with Crippen LogP contribution >= 0.6 is 11.8 Å².